The summed E-state index contributed by atoms with van der Waals surface area (Å²) in [6, 6.07) is 25.5. The van der Waals surface area contributed by atoms with Gasteiger partial charge in [-0.25, -0.2) is 0 Å². The summed E-state index contributed by atoms with van der Waals surface area (Å²) in [6.07, 6.45) is 1.10. The van der Waals surface area contributed by atoms with E-state index in [4.69, 9.17) is 4.74 Å². The van der Waals surface area contributed by atoms with E-state index < -0.39 is 0 Å². The topological polar surface area (TPSA) is 12.5 Å². The van der Waals surface area contributed by atoms with Gasteiger partial charge in [-0.3, -0.25) is 4.90 Å². The molecule has 1 aliphatic rings. The fourth-order valence-corrected chi connectivity index (χ4v) is 5.37. The molecule has 0 radical (unpaired) electrons. The Hall–Kier alpha value is -1.68. The number of ether oxygens (including phenoxy) is 1. The minimum Gasteiger partial charge on any atom is -0.492 e. The summed E-state index contributed by atoms with van der Waals surface area (Å²) in [4.78, 5) is 2.75. The summed E-state index contributed by atoms with van der Waals surface area (Å²) in [5.74, 6) is 0.995. The lowest BCUT2D eigenvalue weighted by Gasteiger charge is -2.30. The fourth-order valence-electron chi connectivity index (χ4n) is 3.85. The zero-order chi connectivity index (χ0) is 18.7. The lowest BCUT2D eigenvalue weighted by atomic mass is 10.1. The van der Waals surface area contributed by atoms with Crippen molar-refractivity contribution in [3.05, 3.63) is 78.4 Å². The molecule has 0 spiro atoms. The highest BCUT2D eigenvalue weighted by molar-refractivity contribution is 8.01. The van der Waals surface area contributed by atoms with Crippen LogP contribution in [0.1, 0.15) is 19.4 Å². The first-order valence-corrected chi connectivity index (χ1v) is 10.6. The average molecular weight is 414 g/mol. The molecule has 1 fully saturated rings. The van der Waals surface area contributed by atoms with Crippen LogP contribution in [0.4, 0.5) is 0 Å². The summed E-state index contributed by atoms with van der Waals surface area (Å²) in [7, 11) is 0. The molecule has 0 N–H and O–H groups in total. The molecule has 0 aromatic heterocycles. The standard InChI is InChI=1S/C24H27NOS.ClH/c1-24(2)25(16-15-19-9-4-3-5-10-19)17-21(27-24)18-26-23-14-8-12-20-11-6-7-13-22(20)23;/h3-14,21H,15-18H2,1-2H3;1H. The summed E-state index contributed by atoms with van der Waals surface area (Å²) < 4.78 is 6.26. The predicted molar refractivity (Wildman–Crippen MR) is 124 cm³/mol. The predicted octanol–water partition coefficient (Wildman–Crippen LogP) is 6.04. The van der Waals surface area contributed by atoms with Gasteiger partial charge < -0.3 is 4.74 Å². The quantitative estimate of drug-likeness (QED) is 0.489. The smallest absolute Gasteiger partial charge is 0.127 e. The third-order valence-corrected chi connectivity index (χ3v) is 6.78. The molecule has 4 rings (SSSR count). The minimum atomic E-state index is 0. The second-order valence-corrected chi connectivity index (χ2v) is 9.56. The van der Waals surface area contributed by atoms with E-state index in [1.807, 2.05) is 11.8 Å². The van der Waals surface area contributed by atoms with Crippen LogP contribution in [0.15, 0.2) is 72.8 Å². The van der Waals surface area contributed by atoms with Gasteiger partial charge >= 0.3 is 0 Å². The zero-order valence-corrected chi connectivity index (χ0v) is 18.1. The molecule has 0 saturated carbocycles. The van der Waals surface area contributed by atoms with Gasteiger partial charge in [0, 0.05) is 18.5 Å². The molecule has 0 bridgehead atoms. The third-order valence-electron chi connectivity index (χ3n) is 5.33. The van der Waals surface area contributed by atoms with Gasteiger partial charge in [0.25, 0.3) is 0 Å². The van der Waals surface area contributed by atoms with Crippen molar-refractivity contribution in [2.45, 2.75) is 30.4 Å². The molecule has 1 atom stereocenters. The number of fused-ring (bicyclic) bond motifs is 1. The Morgan fingerprint density at radius 1 is 0.964 bits per heavy atom. The van der Waals surface area contributed by atoms with Gasteiger partial charge in [-0.15, -0.1) is 24.2 Å². The number of halogens is 1. The number of thioether (sulfide) groups is 1. The molecule has 1 saturated heterocycles. The van der Waals surface area contributed by atoms with Crippen molar-refractivity contribution >= 4 is 34.9 Å². The van der Waals surface area contributed by atoms with E-state index >= 15 is 0 Å². The maximum atomic E-state index is 6.26. The maximum absolute atomic E-state index is 6.26. The molecule has 1 heterocycles. The number of rotatable bonds is 6. The molecule has 2 nitrogen and oxygen atoms in total. The average Bonchev–Trinajstić information content (AvgIpc) is 2.99. The Morgan fingerprint density at radius 3 is 2.50 bits per heavy atom. The first-order valence-electron chi connectivity index (χ1n) is 9.69. The molecular formula is C24H28ClNOS. The molecule has 148 valence electrons. The van der Waals surface area contributed by atoms with Crippen LogP contribution in [0.25, 0.3) is 10.8 Å². The minimum absolute atomic E-state index is 0. The molecule has 0 amide bonds. The number of hydrogen-bond acceptors (Lipinski definition) is 3. The Balaban J connectivity index is 0.00000225. The first-order chi connectivity index (χ1) is 13.1. The summed E-state index contributed by atoms with van der Waals surface area (Å²) in [5.41, 5.74) is 1.41. The highest BCUT2D eigenvalue weighted by Crippen LogP contribution is 2.40. The van der Waals surface area contributed by atoms with Crippen LogP contribution in [-0.4, -0.2) is 34.7 Å². The van der Waals surface area contributed by atoms with E-state index in [0.29, 0.717) is 5.25 Å². The van der Waals surface area contributed by atoms with Crippen molar-refractivity contribution in [3.63, 3.8) is 0 Å². The van der Waals surface area contributed by atoms with Crippen molar-refractivity contribution in [3.8, 4) is 5.75 Å². The molecule has 3 aromatic carbocycles. The zero-order valence-electron chi connectivity index (χ0n) is 16.5. The lowest BCUT2D eigenvalue weighted by molar-refractivity contribution is 0.207. The van der Waals surface area contributed by atoms with Crippen LogP contribution in [-0.2, 0) is 6.42 Å². The van der Waals surface area contributed by atoms with Crippen LogP contribution < -0.4 is 4.74 Å². The third kappa shape index (κ3) is 4.83. The van der Waals surface area contributed by atoms with E-state index in [1.165, 1.54) is 16.3 Å². The van der Waals surface area contributed by atoms with Crippen molar-refractivity contribution in [2.75, 3.05) is 19.7 Å². The molecule has 1 unspecified atom stereocenters. The Kier molecular flexibility index (Phi) is 6.92. The SMILES string of the molecule is CC1(C)SC(COc2cccc3ccccc23)CN1CCc1ccccc1.Cl. The van der Waals surface area contributed by atoms with Crippen LogP contribution in [0.5, 0.6) is 5.75 Å². The van der Waals surface area contributed by atoms with Gasteiger partial charge in [0.05, 0.1) is 10.1 Å². The number of nitrogens with zero attached hydrogens (tertiary/aromatic N) is 1. The highest BCUT2D eigenvalue weighted by atomic mass is 35.5. The number of benzene rings is 3. The molecule has 28 heavy (non-hydrogen) atoms. The second-order valence-electron chi connectivity index (χ2n) is 7.66. The van der Waals surface area contributed by atoms with Crippen molar-refractivity contribution in [2.24, 2.45) is 0 Å². The monoisotopic (exact) mass is 413 g/mol. The normalized spacial score (nSPS) is 18.7. The summed E-state index contributed by atoms with van der Waals surface area (Å²) in [6.45, 7) is 7.59. The second kappa shape index (κ2) is 9.21. The van der Waals surface area contributed by atoms with Crippen molar-refractivity contribution in [1.82, 2.24) is 4.90 Å². The fraction of sp³-hybridized carbons (Fsp3) is 0.333. The van der Waals surface area contributed by atoms with Crippen LogP contribution in [0.3, 0.4) is 0 Å². The summed E-state index contributed by atoms with van der Waals surface area (Å²) in [5, 5.41) is 2.93. The van der Waals surface area contributed by atoms with Gasteiger partial charge in [-0.2, -0.15) is 0 Å². The van der Waals surface area contributed by atoms with E-state index in [2.05, 4.69) is 91.5 Å². The highest BCUT2D eigenvalue weighted by Gasteiger charge is 2.38. The largest absolute Gasteiger partial charge is 0.492 e. The van der Waals surface area contributed by atoms with Gasteiger partial charge in [0.1, 0.15) is 12.4 Å². The van der Waals surface area contributed by atoms with E-state index in [1.54, 1.807) is 0 Å². The van der Waals surface area contributed by atoms with Crippen LogP contribution >= 0.6 is 24.2 Å². The lowest BCUT2D eigenvalue weighted by Crippen LogP contribution is -2.38. The van der Waals surface area contributed by atoms with E-state index in [0.717, 1.165) is 31.9 Å². The van der Waals surface area contributed by atoms with Crippen LogP contribution in [0, 0.1) is 0 Å². The van der Waals surface area contributed by atoms with Gasteiger partial charge in [0.2, 0.25) is 0 Å². The summed E-state index contributed by atoms with van der Waals surface area (Å²) >= 11 is 2.04. The van der Waals surface area contributed by atoms with Gasteiger partial charge in [-0.05, 0) is 37.3 Å². The van der Waals surface area contributed by atoms with Crippen molar-refractivity contribution < 1.29 is 4.74 Å². The van der Waals surface area contributed by atoms with E-state index in [-0.39, 0.29) is 17.3 Å². The first kappa shape index (κ1) is 21.0. The molecule has 3 aromatic rings. The Bertz CT molecular complexity index is 894. The Morgan fingerprint density at radius 2 is 1.68 bits per heavy atom. The molecule has 1 aliphatic heterocycles. The molecule has 0 aliphatic carbocycles. The maximum Gasteiger partial charge on any atom is 0.127 e. The van der Waals surface area contributed by atoms with Crippen molar-refractivity contribution in [1.29, 1.82) is 0 Å². The molecular weight excluding hydrogens is 386 g/mol. The Labute approximate surface area is 178 Å². The van der Waals surface area contributed by atoms with Crippen LogP contribution in [0.2, 0.25) is 0 Å². The number of hydrogen-bond donors (Lipinski definition) is 0. The molecule has 4 heteroatoms. The van der Waals surface area contributed by atoms with Gasteiger partial charge in [-0.1, -0.05) is 66.7 Å². The van der Waals surface area contributed by atoms with E-state index in [9.17, 15) is 0 Å². The van der Waals surface area contributed by atoms with Gasteiger partial charge in [0.15, 0.2) is 0 Å².